The Bertz CT molecular complexity index is 745. The Labute approximate surface area is 146 Å². The van der Waals surface area contributed by atoms with E-state index in [1.165, 1.54) is 11.8 Å². The van der Waals surface area contributed by atoms with Crippen molar-refractivity contribution in [1.82, 2.24) is 5.32 Å². The lowest BCUT2D eigenvalue weighted by Crippen LogP contribution is -2.27. The summed E-state index contributed by atoms with van der Waals surface area (Å²) in [7, 11) is 0. The molecule has 126 valence electrons. The number of benzene rings is 2. The van der Waals surface area contributed by atoms with E-state index in [4.69, 9.17) is 5.11 Å². The molecule has 2 N–H and O–H groups in total. The highest BCUT2D eigenvalue weighted by atomic mass is 32.2. The zero-order chi connectivity index (χ0) is 17.7. The number of hydrogen-bond acceptors (Lipinski definition) is 3. The van der Waals surface area contributed by atoms with Crippen LogP contribution in [0.4, 0.5) is 0 Å². The SMILES string of the molecule is Cc1ccccc1C(C)NC(=O)c1ccccc1SC(C)C(=O)O. The van der Waals surface area contributed by atoms with Gasteiger partial charge in [-0.15, -0.1) is 11.8 Å². The number of thioether (sulfide) groups is 1. The van der Waals surface area contributed by atoms with Gasteiger partial charge in [0.2, 0.25) is 0 Å². The molecule has 0 spiro atoms. The van der Waals surface area contributed by atoms with E-state index >= 15 is 0 Å². The van der Waals surface area contributed by atoms with Crippen molar-refractivity contribution in [2.24, 2.45) is 0 Å². The molecule has 0 fully saturated rings. The van der Waals surface area contributed by atoms with Crippen LogP contribution in [0.1, 0.15) is 41.4 Å². The summed E-state index contributed by atoms with van der Waals surface area (Å²) >= 11 is 1.17. The number of amides is 1. The van der Waals surface area contributed by atoms with Crippen LogP contribution in [0.3, 0.4) is 0 Å². The molecule has 2 aromatic carbocycles. The summed E-state index contributed by atoms with van der Waals surface area (Å²) in [6.07, 6.45) is 0. The van der Waals surface area contributed by atoms with E-state index in [1.54, 1.807) is 31.2 Å². The minimum Gasteiger partial charge on any atom is -0.480 e. The molecule has 2 unspecified atom stereocenters. The Morgan fingerprint density at radius 2 is 1.67 bits per heavy atom. The van der Waals surface area contributed by atoms with E-state index in [-0.39, 0.29) is 11.9 Å². The summed E-state index contributed by atoms with van der Waals surface area (Å²) in [5, 5.41) is 11.5. The molecular formula is C19H21NO3S. The molecule has 0 aliphatic heterocycles. The van der Waals surface area contributed by atoms with E-state index in [1.807, 2.05) is 38.1 Å². The van der Waals surface area contributed by atoms with Gasteiger partial charge < -0.3 is 10.4 Å². The van der Waals surface area contributed by atoms with Crippen LogP contribution in [0.15, 0.2) is 53.4 Å². The number of rotatable bonds is 6. The molecule has 0 saturated heterocycles. The van der Waals surface area contributed by atoms with Gasteiger partial charge in [-0.1, -0.05) is 36.4 Å². The number of aliphatic carboxylic acids is 1. The van der Waals surface area contributed by atoms with E-state index in [0.717, 1.165) is 11.1 Å². The van der Waals surface area contributed by atoms with Gasteiger partial charge in [0.1, 0.15) is 5.25 Å². The zero-order valence-corrected chi connectivity index (χ0v) is 14.8. The normalized spacial score (nSPS) is 13.1. The largest absolute Gasteiger partial charge is 0.480 e. The molecule has 2 rings (SSSR count). The highest BCUT2D eigenvalue weighted by Gasteiger charge is 2.19. The fourth-order valence-corrected chi connectivity index (χ4v) is 3.35. The third kappa shape index (κ3) is 4.38. The summed E-state index contributed by atoms with van der Waals surface area (Å²) in [6.45, 7) is 5.56. The number of carbonyl (C=O) groups is 2. The zero-order valence-electron chi connectivity index (χ0n) is 13.9. The third-order valence-electron chi connectivity index (χ3n) is 3.79. The van der Waals surface area contributed by atoms with Crippen molar-refractivity contribution < 1.29 is 14.7 Å². The Hall–Kier alpha value is -2.27. The number of carboxylic acid groups (broad SMARTS) is 1. The molecule has 0 aliphatic carbocycles. The maximum absolute atomic E-state index is 12.6. The van der Waals surface area contributed by atoms with Gasteiger partial charge in [-0.2, -0.15) is 0 Å². The summed E-state index contributed by atoms with van der Waals surface area (Å²) in [5.41, 5.74) is 2.68. The fraction of sp³-hybridized carbons (Fsp3) is 0.263. The number of aryl methyl sites for hydroxylation is 1. The van der Waals surface area contributed by atoms with Crippen molar-refractivity contribution in [1.29, 1.82) is 0 Å². The highest BCUT2D eigenvalue weighted by Crippen LogP contribution is 2.27. The maximum Gasteiger partial charge on any atom is 0.316 e. The molecule has 2 atom stereocenters. The topological polar surface area (TPSA) is 66.4 Å². The molecule has 0 aromatic heterocycles. The number of carboxylic acids is 1. The minimum atomic E-state index is -0.900. The highest BCUT2D eigenvalue weighted by molar-refractivity contribution is 8.00. The van der Waals surface area contributed by atoms with Gasteiger partial charge in [0.25, 0.3) is 5.91 Å². The predicted molar refractivity (Wildman–Crippen MR) is 96.5 cm³/mol. The lowest BCUT2D eigenvalue weighted by molar-refractivity contribution is -0.136. The van der Waals surface area contributed by atoms with Crippen LogP contribution in [0.2, 0.25) is 0 Å². The van der Waals surface area contributed by atoms with Crippen LogP contribution in [0.5, 0.6) is 0 Å². The lowest BCUT2D eigenvalue weighted by Gasteiger charge is -2.18. The summed E-state index contributed by atoms with van der Waals surface area (Å²) in [4.78, 5) is 24.4. The summed E-state index contributed by atoms with van der Waals surface area (Å²) in [5.74, 6) is -1.10. The second-order valence-corrected chi connectivity index (χ2v) is 7.03. The molecule has 24 heavy (non-hydrogen) atoms. The van der Waals surface area contributed by atoms with Gasteiger partial charge in [0.15, 0.2) is 0 Å². The second kappa shape index (κ2) is 8.02. The van der Waals surface area contributed by atoms with Crippen LogP contribution < -0.4 is 5.32 Å². The summed E-state index contributed by atoms with van der Waals surface area (Å²) < 4.78 is 0. The van der Waals surface area contributed by atoms with Gasteiger partial charge >= 0.3 is 5.97 Å². The Kier molecular flexibility index (Phi) is 6.04. The van der Waals surface area contributed by atoms with E-state index in [2.05, 4.69) is 5.32 Å². The number of nitrogens with one attached hydrogen (secondary N) is 1. The Morgan fingerprint density at radius 3 is 2.33 bits per heavy atom. The van der Waals surface area contributed by atoms with Crippen LogP contribution >= 0.6 is 11.8 Å². The van der Waals surface area contributed by atoms with Gasteiger partial charge in [-0.3, -0.25) is 9.59 Å². The molecular weight excluding hydrogens is 322 g/mol. The monoisotopic (exact) mass is 343 g/mol. The quantitative estimate of drug-likeness (QED) is 0.777. The molecule has 0 aliphatic rings. The van der Waals surface area contributed by atoms with E-state index < -0.39 is 11.2 Å². The molecule has 5 heteroatoms. The molecule has 2 aromatic rings. The van der Waals surface area contributed by atoms with Crippen LogP contribution in [0, 0.1) is 6.92 Å². The van der Waals surface area contributed by atoms with Gasteiger partial charge in [-0.05, 0) is 44.0 Å². The molecule has 4 nitrogen and oxygen atoms in total. The van der Waals surface area contributed by atoms with Crippen molar-refractivity contribution in [3.05, 3.63) is 65.2 Å². The molecule has 1 amide bonds. The standard InChI is InChI=1S/C19H21NO3S/c1-12-8-4-5-9-15(12)13(2)20-18(21)16-10-6-7-11-17(16)24-14(3)19(22)23/h4-11,13-14H,1-3H3,(H,20,21)(H,22,23). The molecule has 0 bridgehead atoms. The lowest BCUT2D eigenvalue weighted by atomic mass is 10.0. The Balaban J connectivity index is 2.18. The van der Waals surface area contributed by atoms with Crippen molar-refractivity contribution in [3.8, 4) is 0 Å². The number of hydrogen-bond donors (Lipinski definition) is 2. The van der Waals surface area contributed by atoms with Gasteiger partial charge in [-0.25, -0.2) is 0 Å². The van der Waals surface area contributed by atoms with Gasteiger partial charge in [0, 0.05) is 4.90 Å². The first-order valence-electron chi connectivity index (χ1n) is 7.75. The van der Waals surface area contributed by atoms with Crippen molar-refractivity contribution in [3.63, 3.8) is 0 Å². The first-order valence-corrected chi connectivity index (χ1v) is 8.63. The fourth-order valence-electron chi connectivity index (χ4n) is 2.42. The van der Waals surface area contributed by atoms with Crippen LogP contribution in [-0.2, 0) is 4.79 Å². The predicted octanol–water partition coefficient (Wildman–Crippen LogP) is 4.05. The number of carbonyl (C=O) groups excluding carboxylic acids is 1. The van der Waals surface area contributed by atoms with Gasteiger partial charge in [0.05, 0.1) is 11.6 Å². The molecule has 0 saturated carbocycles. The summed E-state index contributed by atoms with van der Waals surface area (Å²) in [6, 6.07) is 14.9. The van der Waals surface area contributed by atoms with E-state index in [9.17, 15) is 9.59 Å². The maximum atomic E-state index is 12.6. The van der Waals surface area contributed by atoms with Crippen LogP contribution in [0.25, 0.3) is 0 Å². The first-order chi connectivity index (χ1) is 11.4. The van der Waals surface area contributed by atoms with Crippen molar-refractivity contribution >= 4 is 23.6 Å². The minimum absolute atomic E-state index is 0.131. The Morgan fingerprint density at radius 1 is 1.04 bits per heavy atom. The third-order valence-corrected chi connectivity index (χ3v) is 4.95. The van der Waals surface area contributed by atoms with E-state index in [0.29, 0.717) is 10.5 Å². The first kappa shape index (κ1) is 18.1. The smallest absolute Gasteiger partial charge is 0.316 e. The average molecular weight is 343 g/mol. The average Bonchev–Trinajstić information content (AvgIpc) is 2.55. The van der Waals surface area contributed by atoms with Crippen molar-refractivity contribution in [2.75, 3.05) is 0 Å². The molecule has 0 radical (unpaired) electrons. The van der Waals surface area contributed by atoms with Crippen LogP contribution in [-0.4, -0.2) is 22.2 Å². The van der Waals surface area contributed by atoms with Crippen molar-refractivity contribution in [2.45, 2.75) is 37.0 Å². The molecule has 0 heterocycles. The second-order valence-electron chi connectivity index (χ2n) is 5.65.